The van der Waals surface area contributed by atoms with Gasteiger partial charge in [-0.15, -0.1) is 0 Å². The first kappa shape index (κ1) is 19.2. The van der Waals surface area contributed by atoms with E-state index < -0.39 is 0 Å². The number of piperidine rings is 1. The van der Waals surface area contributed by atoms with Gasteiger partial charge in [0.15, 0.2) is 5.78 Å². The van der Waals surface area contributed by atoms with E-state index in [4.69, 9.17) is 0 Å². The van der Waals surface area contributed by atoms with Crippen molar-refractivity contribution in [3.63, 3.8) is 0 Å². The van der Waals surface area contributed by atoms with Crippen molar-refractivity contribution in [2.45, 2.75) is 40.0 Å². The number of aliphatic hydroxyl groups excluding tert-OH is 1. The van der Waals surface area contributed by atoms with Crippen molar-refractivity contribution < 1.29 is 14.3 Å². The largest absolute Gasteiger partial charge is 0.512 e. The molecule has 0 radical (unpaired) electrons. The number of halogens is 1. The zero-order valence-electron chi connectivity index (χ0n) is 16.2. The number of nitrogens with zero attached hydrogens (tertiary/aromatic N) is 1. The van der Waals surface area contributed by atoms with Gasteiger partial charge in [-0.3, -0.25) is 4.79 Å². The van der Waals surface area contributed by atoms with Gasteiger partial charge in [-0.1, -0.05) is 12.1 Å². The molecule has 0 bridgehead atoms. The predicted molar refractivity (Wildman–Crippen MR) is 109 cm³/mol. The number of carbonyl (C=O) groups is 1. The molecule has 2 aromatic carbocycles. The van der Waals surface area contributed by atoms with E-state index in [-0.39, 0.29) is 22.9 Å². The van der Waals surface area contributed by atoms with Gasteiger partial charge in [-0.2, -0.15) is 0 Å². The highest BCUT2D eigenvalue weighted by Crippen LogP contribution is 2.32. The molecular formula is C23H26FNO2. The van der Waals surface area contributed by atoms with Crippen molar-refractivity contribution in [3.8, 4) is 11.1 Å². The van der Waals surface area contributed by atoms with Crippen LogP contribution in [-0.4, -0.2) is 24.0 Å². The summed E-state index contributed by atoms with van der Waals surface area (Å²) in [6, 6.07) is 11.0. The molecule has 1 aliphatic heterocycles. The molecule has 0 aliphatic carbocycles. The number of Topliss-reactive ketones (excluding diaryl/α,β-unsaturated/α-hetero) is 1. The Morgan fingerprint density at radius 2 is 1.67 bits per heavy atom. The first-order valence-electron chi connectivity index (χ1n) is 9.45. The summed E-state index contributed by atoms with van der Waals surface area (Å²) in [5, 5.41) is 9.93. The number of aliphatic hydroxyl groups is 1. The van der Waals surface area contributed by atoms with Gasteiger partial charge in [-0.25, -0.2) is 4.39 Å². The molecule has 27 heavy (non-hydrogen) atoms. The van der Waals surface area contributed by atoms with Gasteiger partial charge in [0.25, 0.3) is 0 Å². The third-order valence-corrected chi connectivity index (χ3v) is 5.20. The van der Waals surface area contributed by atoms with Crippen LogP contribution in [-0.2, 0) is 4.79 Å². The number of carbonyl (C=O) groups excluding carboxylic acids is 1. The Labute approximate surface area is 160 Å². The Bertz CT molecular complexity index is 874. The lowest BCUT2D eigenvalue weighted by atomic mass is 9.92. The SMILES string of the molecule is CC(=O)/C(=C(\C)O)c1cc(-c2ccc(N3CCCCC3)cc2)c(F)cc1C. The van der Waals surface area contributed by atoms with Crippen molar-refractivity contribution in [3.05, 3.63) is 59.1 Å². The molecule has 142 valence electrons. The van der Waals surface area contributed by atoms with Crippen molar-refractivity contribution >= 4 is 17.0 Å². The molecule has 1 saturated heterocycles. The number of hydrogen-bond donors (Lipinski definition) is 1. The second-order valence-electron chi connectivity index (χ2n) is 7.26. The van der Waals surface area contributed by atoms with Crippen LogP contribution in [0.2, 0.25) is 0 Å². The molecule has 0 saturated carbocycles. The van der Waals surface area contributed by atoms with Crippen LogP contribution in [0.25, 0.3) is 16.7 Å². The summed E-state index contributed by atoms with van der Waals surface area (Å²) in [5.74, 6) is -0.625. The Hall–Kier alpha value is -2.62. The maximum absolute atomic E-state index is 14.7. The average Bonchev–Trinajstić information content (AvgIpc) is 2.64. The summed E-state index contributed by atoms with van der Waals surface area (Å²) in [4.78, 5) is 14.3. The Morgan fingerprint density at radius 1 is 1.04 bits per heavy atom. The minimum Gasteiger partial charge on any atom is -0.512 e. The summed E-state index contributed by atoms with van der Waals surface area (Å²) >= 11 is 0. The van der Waals surface area contributed by atoms with E-state index in [0.717, 1.165) is 24.3 Å². The molecule has 1 aliphatic rings. The second-order valence-corrected chi connectivity index (χ2v) is 7.26. The molecule has 0 unspecified atom stereocenters. The molecule has 1 N–H and O–H groups in total. The maximum atomic E-state index is 14.7. The molecular weight excluding hydrogens is 341 g/mol. The van der Waals surface area contributed by atoms with E-state index in [0.29, 0.717) is 16.7 Å². The topological polar surface area (TPSA) is 40.5 Å². The van der Waals surface area contributed by atoms with Gasteiger partial charge in [0, 0.05) is 24.3 Å². The fraction of sp³-hybridized carbons (Fsp3) is 0.348. The number of benzene rings is 2. The number of hydrogen-bond acceptors (Lipinski definition) is 3. The van der Waals surface area contributed by atoms with E-state index in [9.17, 15) is 14.3 Å². The van der Waals surface area contributed by atoms with Crippen LogP contribution >= 0.6 is 0 Å². The summed E-state index contributed by atoms with van der Waals surface area (Å²) in [7, 11) is 0. The van der Waals surface area contributed by atoms with Crippen molar-refractivity contribution in [2.24, 2.45) is 0 Å². The Morgan fingerprint density at radius 3 is 2.22 bits per heavy atom. The Balaban J connectivity index is 2.00. The molecule has 0 atom stereocenters. The summed E-state index contributed by atoms with van der Waals surface area (Å²) < 4.78 is 14.7. The molecule has 1 fully saturated rings. The fourth-order valence-corrected chi connectivity index (χ4v) is 3.81. The quantitative estimate of drug-likeness (QED) is 0.559. The van der Waals surface area contributed by atoms with Crippen molar-refractivity contribution in [1.29, 1.82) is 0 Å². The van der Waals surface area contributed by atoms with Gasteiger partial charge >= 0.3 is 0 Å². The standard InChI is InChI=1S/C23H26FNO2/c1-15-13-22(24)21(14-20(15)23(16(2)26)17(3)27)18-7-9-19(10-8-18)25-11-5-4-6-12-25/h7-10,13-14,26H,4-6,11-12H2,1-3H3/b23-16-. The van der Waals surface area contributed by atoms with Gasteiger partial charge in [0.05, 0.1) is 5.57 Å². The van der Waals surface area contributed by atoms with Gasteiger partial charge in [-0.05, 0) is 81.0 Å². The predicted octanol–water partition coefficient (Wildman–Crippen LogP) is 5.67. The van der Waals surface area contributed by atoms with E-state index >= 15 is 0 Å². The van der Waals surface area contributed by atoms with E-state index in [1.807, 2.05) is 24.3 Å². The maximum Gasteiger partial charge on any atom is 0.163 e. The van der Waals surface area contributed by atoms with Gasteiger partial charge in [0.2, 0.25) is 0 Å². The first-order chi connectivity index (χ1) is 12.9. The molecule has 1 heterocycles. The van der Waals surface area contributed by atoms with E-state index in [1.165, 1.54) is 39.2 Å². The third-order valence-electron chi connectivity index (χ3n) is 5.20. The lowest BCUT2D eigenvalue weighted by molar-refractivity contribution is -0.111. The minimum absolute atomic E-state index is 0.0522. The lowest BCUT2D eigenvalue weighted by Crippen LogP contribution is -2.29. The van der Waals surface area contributed by atoms with Crippen LogP contribution in [0.1, 0.15) is 44.2 Å². The number of ketones is 1. The molecule has 0 amide bonds. The molecule has 0 spiro atoms. The van der Waals surface area contributed by atoms with Crippen molar-refractivity contribution in [1.82, 2.24) is 0 Å². The van der Waals surface area contributed by atoms with Gasteiger partial charge in [0.1, 0.15) is 11.6 Å². The van der Waals surface area contributed by atoms with Crippen LogP contribution in [0.15, 0.2) is 42.2 Å². The van der Waals surface area contributed by atoms with Crippen LogP contribution in [0, 0.1) is 12.7 Å². The van der Waals surface area contributed by atoms with Crippen LogP contribution < -0.4 is 4.90 Å². The summed E-state index contributed by atoms with van der Waals surface area (Å²) in [5.41, 5.74) is 3.77. The van der Waals surface area contributed by atoms with Crippen LogP contribution in [0.4, 0.5) is 10.1 Å². The van der Waals surface area contributed by atoms with Crippen LogP contribution in [0.5, 0.6) is 0 Å². The first-order valence-corrected chi connectivity index (χ1v) is 9.45. The average molecular weight is 367 g/mol. The number of anilines is 1. The van der Waals surface area contributed by atoms with Crippen LogP contribution in [0.3, 0.4) is 0 Å². The highest BCUT2D eigenvalue weighted by molar-refractivity contribution is 6.20. The lowest BCUT2D eigenvalue weighted by Gasteiger charge is -2.28. The monoisotopic (exact) mass is 367 g/mol. The molecule has 2 aromatic rings. The molecule has 3 rings (SSSR count). The molecule has 0 aromatic heterocycles. The summed E-state index contributed by atoms with van der Waals surface area (Å²) in [6.45, 7) is 6.75. The molecule has 3 nitrogen and oxygen atoms in total. The second kappa shape index (κ2) is 7.95. The zero-order chi connectivity index (χ0) is 19.6. The van der Waals surface area contributed by atoms with E-state index in [1.54, 1.807) is 13.0 Å². The van der Waals surface area contributed by atoms with Gasteiger partial charge < -0.3 is 10.0 Å². The summed E-state index contributed by atoms with van der Waals surface area (Å²) in [6.07, 6.45) is 3.69. The Kier molecular flexibility index (Phi) is 5.64. The number of rotatable bonds is 4. The zero-order valence-corrected chi connectivity index (χ0v) is 16.2. The normalized spacial score (nSPS) is 15.5. The fourth-order valence-electron chi connectivity index (χ4n) is 3.81. The molecule has 4 heteroatoms. The number of aryl methyl sites for hydroxylation is 1. The smallest absolute Gasteiger partial charge is 0.163 e. The third kappa shape index (κ3) is 4.05. The highest BCUT2D eigenvalue weighted by atomic mass is 19.1. The van der Waals surface area contributed by atoms with Crippen molar-refractivity contribution in [2.75, 3.05) is 18.0 Å². The minimum atomic E-state index is -0.333. The highest BCUT2D eigenvalue weighted by Gasteiger charge is 2.18. The van der Waals surface area contributed by atoms with E-state index in [2.05, 4.69) is 4.90 Å². The number of allylic oxidation sites excluding steroid dienone is 2.